The van der Waals surface area contributed by atoms with Gasteiger partial charge in [-0.3, -0.25) is 0 Å². The van der Waals surface area contributed by atoms with E-state index in [0.717, 1.165) is 5.56 Å². The maximum absolute atomic E-state index is 11.9. The second-order valence-electron chi connectivity index (χ2n) is 3.93. The highest BCUT2D eigenvalue weighted by Crippen LogP contribution is 2.20. The van der Waals surface area contributed by atoms with Crippen LogP contribution < -0.4 is 5.32 Å². The van der Waals surface area contributed by atoms with E-state index in [-0.39, 0.29) is 6.61 Å². The third-order valence-electron chi connectivity index (χ3n) is 2.47. The summed E-state index contributed by atoms with van der Waals surface area (Å²) in [6, 6.07) is 2.46. The molecule has 0 amide bonds. The molecule has 90 valence electrons. The van der Waals surface area contributed by atoms with Crippen LogP contribution in [0.25, 0.3) is 0 Å². The van der Waals surface area contributed by atoms with Crippen LogP contribution in [0.2, 0.25) is 0 Å². The summed E-state index contributed by atoms with van der Waals surface area (Å²) in [6.45, 7) is 0.282. The van der Waals surface area contributed by atoms with Gasteiger partial charge in [0.2, 0.25) is 0 Å². The Labute approximate surface area is 92.8 Å². The summed E-state index contributed by atoms with van der Waals surface area (Å²) in [4.78, 5) is 0. The lowest BCUT2D eigenvalue weighted by atomic mass is 10.2. The molecule has 0 spiro atoms. The molecule has 1 aliphatic rings. The first-order valence-electron chi connectivity index (χ1n) is 5.40. The van der Waals surface area contributed by atoms with Crippen molar-refractivity contribution in [2.24, 2.45) is 0 Å². The normalized spacial score (nSPS) is 15.9. The highest BCUT2D eigenvalue weighted by molar-refractivity contribution is 5.16. The van der Waals surface area contributed by atoms with E-state index in [4.69, 9.17) is 9.15 Å². The fraction of sp³-hybridized carbons (Fsp3) is 0.636. The highest BCUT2D eigenvalue weighted by Gasteiger charge is 2.20. The zero-order chi connectivity index (χ0) is 11.4. The zero-order valence-corrected chi connectivity index (χ0v) is 8.92. The molecule has 1 aromatic heterocycles. The molecule has 1 aliphatic carbocycles. The molecule has 1 aromatic rings. The van der Waals surface area contributed by atoms with Crippen molar-refractivity contribution in [1.29, 1.82) is 0 Å². The van der Waals surface area contributed by atoms with Crippen molar-refractivity contribution in [3.05, 3.63) is 23.7 Å². The maximum Gasteiger partial charge on any atom is 0.261 e. The number of rotatable bonds is 7. The Morgan fingerprint density at radius 1 is 1.50 bits per heavy atom. The highest BCUT2D eigenvalue weighted by atomic mass is 19.3. The second kappa shape index (κ2) is 5.41. The Balaban J connectivity index is 1.76. The van der Waals surface area contributed by atoms with Gasteiger partial charge in [-0.25, -0.2) is 8.78 Å². The molecule has 0 atom stereocenters. The van der Waals surface area contributed by atoms with Gasteiger partial charge in [-0.15, -0.1) is 0 Å². The Bertz CT molecular complexity index is 324. The van der Waals surface area contributed by atoms with E-state index in [0.29, 0.717) is 18.3 Å². The van der Waals surface area contributed by atoms with Gasteiger partial charge in [-0.05, 0) is 18.9 Å². The fourth-order valence-corrected chi connectivity index (χ4v) is 1.43. The standard InChI is InChI=1S/C11H15F2NO2/c12-11(13)7-15-6-10-8(3-4-16-10)5-14-9-1-2-9/h3-4,9,11,14H,1-2,5-7H2. The van der Waals surface area contributed by atoms with E-state index in [2.05, 4.69) is 5.32 Å². The minimum Gasteiger partial charge on any atom is -0.467 e. The molecule has 0 aliphatic heterocycles. The molecule has 0 saturated heterocycles. The quantitative estimate of drug-likeness (QED) is 0.782. The van der Waals surface area contributed by atoms with Crippen LogP contribution in [0.3, 0.4) is 0 Å². The zero-order valence-electron chi connectivity index (χ0n) is 8.92. The monoisotopic (exact) mass is 231 g/mol. The molecule has 5 heteroatoms. The fourth-order valence-electron chi connectivity index (χ4n) is 1.43. The molecule has 2 rings (SSSR count). The van der Waals surface area contributed by atoms with Crippen molar-refractivity contribution in [2.75, 3.05) is 6.61 Å². The summed E-state index contributed by atoms with van der Waals surface area (Å²) in [5.74, 6) is 0.633. The van der Waals surface area contributed by atoms with Crippen LogP contribution in [0.1, 0.15) is 24.2 Å². The van der Waals surface area contributed by atoms with E-state index in [1.807, 2.05) is 6.07 Å². The van der Waals surface area contributed by atoms with Crippen molar-refractivity contribution in [3.63, 3.8) is 0 Å². The average molecular weight is 231 g/mol. The summed E-state index contributed by atoms with van der Waals surface area (Å²) >= 11 is 0. The number of nitrogens with one attached hydrogen (secondary N) is 1. The van der Waals surface area contributed by atoms with Gasteiger partial charge in [0, 0.05) is 18.2 Å². The number of halogens is 2. The first-order valence-corrected chi connectivity index (χ1v) is 5.40. The second-order valence-corrected chi connectivity index (χ2v) is 3.93. The lowest BCUT2D eigenvalue weighted by molar-refractivity contribution is 0.00421. The van der Waals surface area contributed by atoms with Crippen molar-refractivity contribution in [3.8, 4) is 0 Å². The summed E-state index contributed by atoms with van der Waals surface area (Å²) < 4.78 is 33.7. The van der Waals surface area contributed by atoms with Gasteiger partial charge in [-0.1, -0.05) is 0 Å². The van der Waals surface area contributed by atoms with Crippen molar-refractivity contribution >= 4 is 0 Å². The largest absolute Gasteiger partial charge is 0.467 e. The Morgan fingerprint density at radius 3 is 3.00 bits per heavy atom. The third kappa shape index (κ3) is 3.57. The van der Waals surface area contributed by atoms with Gasteiger partial charge in [0.15, 0.2) is 0 Å². The summed E-state index contributed by atoms with van der Waals surface area (Å²) in [5.41, 5.74) is 0.987. The molecule has 3 nitrogen and oxygen atoms in total. The van der Waals surface area contributed by atoms with E-state index in [9.17, 15) is 8.78 Å². The van der Waals surface area contributed by atoms with Crippen molar-refractivity contribution < 1.29 is 17.9 Å². The lowest BCUT2D eigenvalue weighted by Gasteiger charge is -2.05. The predicted molar refractivity (Wildman–Crippen MR) is 54.2 cm³/mol. The van der Waals surface area contributed by atoms with Gasteiger partial charge in [0.1, 0.15) is 19.0 Å². The van der Waals surface area contributed by atoms with Crippen LogP contribution in [0.15, 0.2) is 16.7 Å². The van der Waals surface area contributed by atoms with E-state index in [1.54, 1.807) is 6.26 Å². The van der Waals surface area contributed by atoms with Crippen molar-refractivity contribution in [1.82, 2.24) is 5.32 Å². The van der Waals surface area contributed by atoms with Crippen LogP contribution in [-0.2, 0) is 17.9 Å². The average Bonchev–Trinajstić information content (AvgIpc) is 2.96. The molecule has 0 aromatic carbocycles. The molecule has 16 heavy (non-hydrogen) atoms. The van der Waals surface area contributed by atoms with Gasteiger partial charge in [-0.2, -0.15) is 0 Å². The van der Waals surface area contributed by atoms with Crippen LogP contribution in [0.4, 0.5) is 8.78 Å². The summed E-state index contributed by atoms with van der Waals surface area (Å²) in [5, 5.41) is 3.33. The molecule has 1 heterocycles. The Kier molecular flexibility index (Phi) is 3.90. The topological polar surface area (TPSA) is 34.4 Å². The molecule has 0 bridgehead atoms. The Morgan fingerprint density at radius 2 is 2.31 bits per heavy atom. The van der Waals surface area contributed by atoms with Gasteiger partial charge >= 0.3 is 0 Å². The molecular weight excluding hydrogens is 216 g/mol. The van der Waals surface area contributed by atoms with E-state index >= 15 is 0 Å². The maximum atomic E-state index is 11.9. The minimum absolute atomic E-state index is 0.110. The van der Waals surface area contributed by atoms with Gasteiger partial charge < -0.3 is 14.5 Å². The number of hydrogen-bond donors (Lipinski definition) is 1. The van der Waals surface area contributed by atoms with Crippen LogP contribution in [-0.4, -0.2) is 19.1 Å². The van der Waals surface area contributed by atoms with Crippen molar-refractivity contribution in [2.45, 2.75) is 38.5 Å². The van der Waals surface area contributed by atoms with Gasteiger partial charge in [0.25, 0.3) is 6.43 Å². The number of alkyl halides is 2. The minimum atomic E-state index is -2.43. The third-order valence-corrected chi connectivity index (χ3v) is 2.47. The molecule has 0 radical (unpaired) electrons. The van der Waals surface area contributed by atoms with Gasteiger partial charge in [0.05, 0.1) is 6.26 Å². The Hall–Kier alpha value is -0.940. The lowest BCUT2D eigenvalue weighted by Crippen LogP contribution is -2.16. The number of hydrogen-bond acceptors (Lipinski definition) is 3. The molecule has 1 fully saturated rings. The molecule has 1 N–H and O–H groups in total. The summed E-state index contributed by atoms with van der Waals surface area (Å²) in [6.07, 6.45) is 1.57. The molecular formula is C11H15F2NO2. The van der Waals surface area contributed by atoms with E-state index in [1.165, 1.54) is 12.8 Å². The van der Waals surface area contributed by atoms with E-state index < -0.39 is 13.0 Å². The smallest absolute Gasteiger partial charge is 0.261 e. The first-order chi connectivity index (χ1) is 7.75. The molecule has 0 unspecified atom stereocenters. The van der Waals surface area contributed by atoms with Crippen LogP contribution in [0.5, 0.6) is 0 Å². The SMILES string of the molecule is FC(F)COCc1occc1CNC1CC1. The number of ether oxygens (including phenoxy) is 1. The van der Waals surface area contributed by atoms with Crippen LogP contribution in [0, 0.1) is 0 Å². The number of furan rings is 1. The van der Waals surface area contributed by atoms with Crippen LogP contribution >= 0.6 is 0 Å². The predicted octanol–water partition coefficient (Wildman–Crippen LogP) is 2.31. The first kappa shape index (κ1) is 11.5. The molecule has 1 saturated carbocycles. The summed E-state index contributed by atoms with van der Waals surface area (Å²) in [7, 11) is 0.